The molecular weight excluding hydrogens is 272 g/mol. The molecule has 2 aliphatic rings. The lowest BCUT2D eigenvalue weighted by molar-refractivity contribution is 0.252. The van der Waals surface area contributed by atoms with Crippen molar-refractivity contribution in [2.75, 3.05) is 0 Å². The summed E-state index contributed by atoms with van der Waals surface area (Å²) in [5, 5.41) is 10.4. The molecule has 0 spiro atoms. The van der Waals surface area contributed by atoms with Crippen LogP contribution in [0.2, 0.25) is 0 Å². The lowest BCUT2D eigenvalue weighted by atomic mass is 9.89. The van der Waals surface area contributed by atoms with Gasteiger partial charge in [0.25, 0.3) is 0 Å². The summed E-state index contributed by atoms with van der Waals surface area (Å²) in [7, 11) is 0. The van der Waals surface area contributed by atoms with E-state index in [9.17, 15) is 5.11 Å². The zero-order valence-electron chi connectivity index (χ0n) is 14.7. The zero-order chi connectivity index (χ0) is 16.3. The monoisotopic (exact) mass is 304 g/mol. The van der Waals surface area contributed by atoms with Crippen LogP contribution in [0.3, 0.4) is 0 Å². The van der Waals surface area contributed by atoms with E-state index < -0.39 is 6.10 Å². The number of epoxide rings is 1. The van der Waals surface area contributed by atoms with Crippen molar-refractivity contribution in [2.45, 2.75) is 84.0 Å². The first-order valence-electron chi connectivity index (χ1n) is 8.71. The molecule has 1 heterocycles. The van der Waals surface area contributed by atoms with Crippen LogP contribution in [0.4, 0.5) is 0 Å². The summed E-state index contributed by atoms with van der Waals surface area (Å²) in [5.74, 6) is 0.457. The molecule has 1 aliphatic heterocycles. The second kappa shape index (κ2) is 7.14. The maximum Gasteiger partial charge on any atom is 0.0932 e. The van der Waals surface area contributed by atoms with Gasteiger partial charge in [0.1, 0.15) is 0 Å². The van der Waals surface area contributed by atoms with E-state index in [1.807, 2.05) is 6.08 Å². The Morgan fingerprint density at radius 1 is 1.32 bits per heavy atom. The second-order valence-corrected chi connectivity index (χ2v) is 7.55. The lowest BCUT2D eigenvalue weighted by Crippen LogP contribution is -2.14. The van der Waals surface area contributed by atoms with Crippen molar-refractivity contribution in [1.82, 2.24) is 0 Å². The number of fused-ring (bicyclic) bond motifs is 1. The molecule has 124 valence electrons. The van der Waals surface area contributed by atoms with Crippen LogP contribution in [0.25, 0.3) is 0 Å². The number of hydrogen-bond acceptors (Lipinski definition) is 2. The van der Waals surface area contributed by atoms with Crippen LogP contribution in [0.5, 0.6) is 0 Å². The second-order valence-electron chi connectivity index (χ2n) is 7.55. The highest BCUT2D eigenvalue weighted by Gasteiger charge is 2.50. The molecular formula is C20H32O2. The molecule has 2 rings (SSSR count). The molecule has 0 aromatic carbocycles. The van der Waals surface area contributed by atoms with E-state index in [2.05, 4.69) is 40.3 Å². The molecule has 0 saturated carbocycles. The van der Waals surface area contributed by atoms with Crippen LogP contribution in [0, 0.1) is 5.92 Å². The van der Waals surface area contributed by atoms with Crippen LogP contribution in [-0.2, 0) is 4.74 Å². The summed E-state index contributed by atoms with van der Waals surface area (Å²) in [4.78, 5) is 0. The SMILES string of the molecule is C=C1CCC=C(C)CCC2OC2(C)CCC(C(C)C)=CC1O. The average molecular weight is 304 g/mol. The Balaban J connectivity index is 2.13. The predicted octanol–water partition coefficient (Wildman–Crippen LogP) is 4.94. The third-order valence-corrected chi connectivity index (χ3v) is 5.24. The van der Waals surface area contributed by atoms with Gasteiger partial charge >= 0.3 is 0 Å². The maximum atomic E-state index is 10.4. The highest BCUT2D eigenvalue weighted by Crippen LogP contribution is 2.44. The van der Waals surface area contributed by atoms with Crippen molar-refractivity contribution < 1.29 is 9.84 Å². The van der Waals surface area contributed by atoms with Gasteiger partial charge in [-0.15, -0.1) is 0 Å². The zero-order valence-corrected chi connectivity index (χ0v) is 14.7. The molecule has 0 amide bonds. The summed E-state index contributed by atoms with van der Waals surface area (Å²) in [6.45, 7) is 12.9. The van der Waals surface area contributed by atoms with Gasteiger partial charge in [0, 0.05) is 0 Å². The fourth-order valence-corrected chi connectivity index (χ4v) is 3.27. The van der Waals surface area contributed by atoms with Crippen molar-refractivity contribution in [1.29, 1.82) is 0 Å². The van der Waals surface area contributed by atoms with Gasteiger partial charge in [-0.3, -0.25) is 0 Å². The minimum absolute atomic E-state index is 0.0420. The molecule has 22 heavy (non-hydrogen) atoms. The van der Waals surface area contributed by atoms with E-state index in [0.717, 1.165) is 44.1 Å². The van der Waals surface area contributed by atoms with Gasteiger partial charge in [0.2, 0.25) is 0 Å². The van der Waals surface area contributed by atoms with Crippen LogP contribution in [0.1, 0.15) is 66.2 Å². The van der Waals surface area contributed by atoms with Crippen molar-refractivity contribution in [3.05, 3.63) is 35.5 Å². The van der Waals surface area contributed by atoms with E-state index >= 15 is 0 Å². The number of rotatable bonds is 1. The van der Waals surface area contributed by atoms with Gasteiger partial charge < -0.3 is 9.84 Å². The number of allylic oxidation sites excluding steroid dienone is 3. The summed E-state index contributed by atoms with van der Waals surface area (Å²) >= 11 is 0. The fraction of sp³-hybridized carbons (Fsp3) is 0.700. The third kappa shape index (κ3) is 4.57. The van der Waals surface area contributed by atoms with Crippen LogP contribution >= 0.6 is 0 Å². The fourth-order valence-electron chi connectivity index (χ4n) is 3.27. The lowest BCUT2D eigenvalue weighted by Gasteiger charge is -2.17. The van der Waals surface area contributed by atoms with Gasteiger partial charge in [0.15, 0.2) is 0 Å². The highest BCUT2D eigenvalue weighted by atomic mass is 16.6. The Kier molecular flexibility index (Phi) is 5.68. The average Bonchev–Trinajstić information content (AvgIpc) is 3.10. The standard InChI is InChI=1S/C20H32O2/c1-14(2)17-11-12-20(5)19(22-20)10-9-15(3)7-6-8-16(4)18(21)13-17/h7,13-14,18-19,21H,4,6,8-12H2,1-3,5H3. The Labute approximate surface area is 136 Å². The molecule has 1 saturated heterocycles. The molecule has 2 heteroatoms. The van der Waals surface area contributed by atoms with Gasteiger partial charge in [-0.25, -0.2) is 0 Å². The molecule has 0 bridgehead atoms. The first kappa shape index (κ1) is 17.5. The predicted molar refractivity (Wildman–Crippen MR) is 92.8 cm³/mol. The molecule has 3 unspecified atom stereocenters. The Morgan fingerprint density at radius 2 is 2.05 bits per heavy atom. The molecule has 3 atom stereocenters. The first-order valence-corrected chi connectivity index (χ1v) is 8.71. The minimum Gasteiger partial charge on any atom is -0.385 e. The molecule has 2 nitrogen and oxygen atoms in total. The van der Waals surface area contributed by atoms with Crippen LogP contribution in [-0.4, -0.2) is 22.9 Å². The largest absolute Gasteiger partial charge is 0.385 e. The molecule has 0 radical (unpaired) electrons. The van der Waals surface area contributed by atoms with E-state index in [-0.39, 0.29) is 5.60 Å². The molecule has 0 aromatic rings. The van der Waals surface area contributed by atoms with Crippen molar-refractivity contribution >= 4 is 0 Å². The van der Waals surface area contributed by atoms with E-state index in [1.165, 1.54) is 11.1 Å². The van der Waals surface area contributed by atoms with Gasteiger partial charge in [0.05, 0.1) is 17.8 Å². The Morgan fingerprint density at radius 3 is 2.73 bits per heavy atom. The maximum absolute atomic E-state index is 10.4. The van der Waals surface area contributed by atoms with Crippen LogP contribution in [0.15, 0.2) is 35.5 Å². The number of hydrogen-bond donors (Lipinski definition) is 1. The Hall–Kier alpha value is -0.860. The quantitative estimate of drug-likeness (QED) is 0.549. The molecule has 1 N–H and O–H groups in total. The van der Waals surface area contributed by atoms with Crippen molar-refractivity contribution in [3.63, 3.8) is 0 Å². The summed E-state index contributed by atoms with van der Waals surface area (Å²) in [5.41, 5.74) is 3.72. The van der Waals surface area contributed by atoms with E-state index in [4.69, 9.17) is 4.74 Å². The first-order chi connectivity index (χ1) is 10.3. The van der Waals surface area contributed by atoms with Crippen molar-refractivity contribution in [3.8, 4) is 0 Å². The summed E-state index contributed by atoms with van der Waals surface area (Å²) < 4.78 is 5.97. The Bertz CT molecular complexity index is 472. The summed E-state index contributed by atoms with van der Waals surface area (Å²) in [6, 6.07) is 0. The smallest absolute Gasteiger partial charge is 0.0932 e. The van der Waals surface area contributed by atoms with Gasteiger partial charge in [-0.1, -0.05) is 43.7 Å². The van der Waals surface area contributed by atoms with E-state index in [0.29, 0.717) is 12.0 Å². The van der Waals surface area contributed by atoms with Gasteiger partial charge in [-0.2, -0.15) is 0 Å². The van der Waals surface area contributed by atoms with Crippen molar-refractivity contribution in [2.24, 2.45) is 5.92 Å². The topological polar surface area (TPSA) is 32.8 Å². The third-order valence-electron chi connectivity index (χ3n) is 5.24. The summed E-state index contributed by atoms with van der Waals surface area (Å²) in [6.07, 6.45) is 10.3. The number of aliphatic hydroxyl groups excluding tert-OH is 1. The minimum atomic E-state index is -0.516. The highest BCUT2D eigenvalue weighted by molar-refractivity contribution is 5.19. The molecule has 1 fully saturated rings. The van der Waals surface area contributed by atoms with E-state index in [1.54, 1.807) is 0 Å². The van der Waals surface area contributed by atoms with Crippen LogP contribution < -0.4 is 0 Å². The molecule has 0 aromatic heterocycles. The number of ether oxygens (including phenoxy) is 1. The normalized spacial score (nSPS) is 34.5. The molecule has 1 aliphatic carbocycles. The number of aliphatic hydroxyl groups is 1. The van der Waals surface area contributed by atoms with Gasteiger partial charge in [-0.05, 0) is 63.9 Å².